The van der Waals surface area contributed by atoms with Crippen LogP contribution in [0.1, 0.15) is 0 Å². The van der Waals surface area contributed by atoms with Gasteiger partial charge in [-0.15, -0.1) is 0 Å². The lowest BCUT2D eigenvalue weighted by molar-refractivity contribution is 1.44. The lowest BCUT2D eigenvalue weighted by atomic mass is 10.1. The van der Waals surface area contributed by atoms with E-state index in [0.717, 1.165) is 11.0 Å². The monoisotopic (exact) mass is 128 g/mol. The zero-order valence-corrected chi connectivity index (χ0v) is 5.33. The summed E-state index contributed by atoms with van der Waals surface area (Å²) in [7, 11) is 5.42. The van der Waals surface area contributed by atoms with Crippen molar-refractivity contribution in [3.63, 3.8) is 0 Å². The Bertz CT molecular complexity index is 320. The lowest BCUT2D eigenvalue weighted by Crippen LogP contribution is -2.04. The van der Waals surface area contributed by atoms with Crippen molar-refractivity contribution < 1.29 is 0 Å². The second kappa shape index (κ2) is 1.87. The molecule has 0 bridgehead atoms. The van der Waals surface area contributed by atoms with Crippen molar-refractivity contribution in [1.29, 1.82) is 0 Å². The summed E-state index contributed by atoms with van der Waals surface area (Å²) in [6, 6.07) is 7.74. The smallest absolute Gasteiger partial charge is 0.167 e. The van der Waals surface area contributed by atoms with Gasteiger partial charge in [0.25, 0.3) is 0 Å². The molecular weight excluding hydrogens is 123 g/mol. The summed E-state index contributed by atoms with van der Waals surface area (Å²) < 4.78 is 0. The van der Waals surface area contributed by atoms with Crippen LogP contribution in [0.2, 0.25) is 0 Å². The van der Waals surface area contributed by atoms with Crippen molar-refractivity contribution in [2.75, 3.05) is 0 Å². The Labute approximate surface area is 59.7 Å². The van der Waals surface area contributed by atoms with Crippen molar-refractivity contribution in [3.05, 3.63) is 24.3 Å². The van der Waals surface area contributed by atoms with Crippen molar-refractivity contribution in [2.24, 2.45) is 0 Å². The molecule has 0 atom stereocenters. The molecule has 2 aromatic rings. The minimum atomic E-state index is 0.473. The number of rotatable bonds is 0. The lowest BCUT2D eigenvalue weighted by Gasteiger charge is -1.81. The average molecular weight is 128 g/mol. The van der Waals surface area contributed by atoms with E-state index in [-0.39, 0.29) is 0 Å². The third kappa shape index (κ3) is 0.710. The number of H-pyrrole nitrogens is 1. The Morgan fingerprint density at radius 1 is 1.30 bits per heavy atom. The van der Waals surface area contributed by atoms with E-state index in [9.17, 15) is 0 Å². The number of para-hydroxylation sites is 2. The van der Waals surface area contributed by atoms with Crippen LogP contribution in [-0.2, 0) is 0 Å². The molecule has 0 unspecified atom stereocenters. The number of benzene rings is 1. The molecule has 2 rings (SSSR count). The minimum absolute atomic E-state index is 0.473. The molecule has 3 heteroatoms. The quantitative estimate of drug-likeness (QED) is 0.509. The topological polar surface area (TPSA) is 28.7 Å². The van der Waals surface area contributed by atoms with Gasteiger partial charge in [-0.2, -0.15) is 0 Å². The molecule has 0 aliphatic heterocycles. The van der Waals surface area contributed by atoms with E-state index in [1.165, 1.54) is 0 Å². The molecule has 2 radical (unpaired) electrons. The van der Waals surface area contributed by atoms with E-state index < -0.39 is 0 Å². The van der Waals surface area contributed by atoms with Gasteiger partial charge in [0.15, 0.2) is 7.85 Å². The van der Waals surface area contributed by atoms with Gasteiger partial charge >= 0.3 is 0 Å². The molecule has 46 valence electrons. The van der Waals surface area contributed by atoms with Gasteiger partial charge in [0, 0.05) is 5.72 Å². The second-order valence-corrected chi connectivity index (χ2v) is 2.14. The van der Waals surface area contributed by atoms with Gasteiger partial charge in [-0.25, -0.2) is 4.98 Å². The van der Waals surface area contributed by atoms with Gasteiger partial charge < -0.3 is 4.98 Å². The molecule has 1 N–H and O–H groups in total. The number of fused-ring (bicyclic) bond motifs is 1. The zero-order valence-electron chi connectivity index (χ0n) is 5.33. The Kier molecular flexibility index (Phi) is 1.03. The fourth-order valence-corrected chi connectivity index (χ4v) is 0.973. The maximum Gasteiger partial charge on any atom is 0.167 e. The first-order chi connectivity index (χ1) is 4.86. The molecule has 0 aliphatic rings. The zero-order chi connectivity index (χ0) is 6.97. The van der Waals surface area contributed by atoms with Gasteiger partial charge in [-0.3, -0.25) is 0 Å². The Balaban J connectivity index is 2.88. The molecule has 10 heavy (non-hydrogen) atoms. The van der Waals surface area contributed by atoms with Crippen LogP contribution in [0.4, 0.5) is 0 Å². The number of aromatic nitrogens is 2. The number of aromatic amines is 1. The third-order valence-corrected chi connectivity index (χ3v) is 1.41. The summed E-state index contributed by atoms with van der Waals surface area (Å²) in [6.45, 7) is 0. The number of imidazole rings is 1. The fraction of sp³-hybridized carbons (Fsp3) is 0. The predicted molar refractivity (Wildman–Crippen MR) is 41.5 cm³/mol. The largest absolute Gasteiger partial charge is 0.351 e. The summed E-state index contributed by atoms with van der Waals surface area (Å²) >= 11 is 0. The van der Waals surface area contributed by atoms with Gasteiger partial charge in [-0.05, 0) is 12.1 Å². The maximum absolute atomic E-state index is 5.42. The summed E-state index contributed by atoms with van der Waals surface area (Å²) in [6.07, 6.45) is 0. The Morgan fingerprint density at radius 2 is 2.10 bits per heavy atom. The molecule has 1 aromatic heterocycles. The molecule has 2 nitrogen and oxygen atoms in total. The second-order valence-electron chi connectivity index (χ2n) is 2.14. The number of hydrogen-bond donors (Lipinski definition) is 1. The molecule has 1 heterocycles. The van der Waals surface area contributed by atoms with Gasteiger partial charge in [-0.1, -0.05) is 12.1 Å². The molecule has 1 aromatic carbocycles. The highest BCUT2D eigenvalue weighted by Gasteiger charge is 1.93. The summed E-state index contributed by atoms with van der Waals surface area (Å²) in [5.41, 5.74) is 2.38. The van der Waals surface area contributed by atoms with Crippen molar-refractivity contribution >= 4 is 24.6 Å². The van der Waals surface area contributed by atoms with Crippen LogP contribution in [0.5, 0.6) is 0 Å². The highest BCUT2D eigenvalue weighted by atomic mass is 14.9. The Morgan fingerprint density at radius 3 is 2.90 bits per heavy atom. The van der Waals surface area contributed by atoms with Gasteiger partial charge in [0.2, 0.25) is 0 Å². The van der Waals surface area contributed by atoms with E-state index in [2.05, 4.69) is 9.97 Å². The van der Waals surface area contributed by atoms with Gasteiger partial charge in [0.1, 0.15) is 0 Å². The normalized spacial score (nSPS) is 10.4. The van der Waals surface area contributed by atoms with Crippen LogP contribution in [0.25, 0.3) is 11.0 Å². The highest BCUT2D eigenvalue weighted by molar-refractivity contribution is 6.30. The van der Waals surface area contributed by atoms with Crippen molar-refractivity contribution in [3.8, 4) is 0 Å². The first-order valence-corrected chi connectivity index (χ1v) is 3.06. The molecular formula is C7H5BN2. The number of nitrogens with one attached hydrogen (secondary N) is 1. The van der Waals surface area contributed by atoms with E-state index in [0.29, 0.717) is 5.72 Å². The standard InChI is InChI=1S/C7H5BN2/c8-7-9-5-3-1-2-4-6(5)10-7/h1-4H,(H,9,10). The maximum atomic E-state index is 5.42. The molecule has 0 fully saturated rings. The van der Waals surface area contributed by atoms with Crippen LogP contribution < -0.4 is 5.72 Å². The Hall–Kier alpha value is -1.25. The molecule has 0 spiro atoms. The number of hydrogen-bond acceptors (Lipinski definition) is 1. The molecule has 0 saturated carbocycles. The van der Waals surface area contributed by atoms with Crippen LogP contribution >= 0.6 is 0 Å². The molecule has 0 amide bonds. The van der Waals surface area contributed by atoms with Crippen molar-refractivity contribution in [2.45, 2.75) is 0 Å². The average Bonchev–Trinajstić information content (AvgIpc) is 2.27. The summed E-state index contributed by atoms with van der Waals surface area (Å²) in [5.74, 6) is 0. The third-order valence-electron chi connectivity index (χ3n) is 1.41. The van der Waals surface area contributed by atoms with E-state index in [1.54, 1.807) is 0 Å². The first-order valence-electron chi connectivity index (χ1n) is 3.06. The van der Waals surface area contributed by atoms with E-state index in [1.807, 2.05) is 24.3 Å². The van der Waals surface area contributed by atoms with E-state index in [4.69, 9.17) is 7.85 Å². The van der Waals surface area contributed by atoms with E-state index >= 15 is 0 Å². The molecule has 0 aliphatic carbocycles. The van der Waals surface area contributed by atoms with Crippen LogP contribution in [0.3, 0.4) is 0 Å². The van der Waals surface area contributed by atoms with Crippen LogP contribution in [-0.4, -0.2) is 17.8 Å². The highest BCUT2D eigenvalue weighted by Crippen LogP contribution is 2.04. The van der Waals surface area contributed by atoms with Gasteiger partial charge in [0.05, 0.1) is 11.0 Å². The van der Waals surface area contributed by atoms with Crippen LogP contribution in [0, 0.1) is 0 Å². The van der Waals surface area contributed by atoms with Crippen molar-refractivity contribution in [1.82, 2.24) is 9.97 Å². The molecule has 0 saturated heterocycles. The number of nitrogens with zero attached hydrogens (tertiary/aromatic N) is 1. The van der Waals surface area contributed by atoms with Crippen LogP contribution in [0.15, 0.2) is 24.3 Å². The summed E-state index contributed by atoms with van der Waals surface area (Å²) in [4.78, 5) is 6.96. The summed E-state index contributed by atoms with van der Waals surface area (Å²) in [5, 5.41) is 0. The predicted octanol–water partition coefficient (Wildman–Crippen LogP) is 0.357. The fourth-order valence-electron chi connectivity index (χ4n) is 0.973. The first kappa shape index (κ1) is 5.53. The SMILES string of the molecule is [B]c1nc2ccccc2[nH]1. The minimum Gasteiger partial charge on any atom is -0.351 e.